The maximum atomic E-state index is 12.7. The first-order valence-electron chi connectivity index (χ1n) is 8.82. The molecule has 2 amide bonds. The molecule has 0 heterocycles. The molecule has 0 bridgehead atoms. The first-order valence-corrected chi connectivity index (χ1v) is 8.82. The minimum absolute atomic E-state index is 0.00320. The Morgan fingerprint density at radius 3 is 2.34 bits per heavy atom. The predicted molar refractivity (Wildman–Crippen MR) is 107 cm³/mol. The Hall–Kier alpha value is -3.42. The molecule has 8 heteroatoms. The van der Waals surface area contributed by atoms with E-state index >= 15 is 0 Å². The van der Waals surface area contributed by atoms with E-state index in [0.29, 0.717) is 11.3 Å². The Morgan fingerprint density at radius 2 is 1.76 bits per heavy atom. The molecule has 0 atom stereocenters. The van der Waals surface area contributed by atoms with Crippen LogP contribution in [0.25, 0.3) is 6.08 Å². The number of carbonyl (C=O) groups excluding carboxylic acids is 2. The molecule has 0 radical (unpaired) electrons. The summed E-state index contributed by atoms with van der Waals surface area (Å²) in [7, 11) is 1.34. The lowest BCUT2D eigenvalue weighted by atomic mass is 10.1. The molecule has 2 aromatic carbocycles. The van der Waals surface area contributed by atoms with Crippen LogP contribution in [-0.2, 0) is 0 Å². The molecule has 0 aromatic heterocycles. The van der Waals surface area contributed by atoms with Gasteiger partial charge in [0.15, 0.2) is 17.3 Å². The van der Waals surface area contributed by atoms with Crippen LogP contribution in [0, 0.1) is 0 Å². The van der Waals surface area contributed by atoms with Gasteiger partial charge in [-0.05, 0) is 56.3 Å². The van der Waals surface area contributed by atoms with Crippen LogP contribution in [-0.4, -0.2) is 31.6 Å². The summed E-state index contributed by atoms with van der Waals surface area (Å²) in [6, 6.07) is 10.6. The standard InChI is InChI=1S/C21H22F2N2O4/c1-13(2)24-21(27)25-16-10-7-14(8-11-16)17(26)12-9-15-5-4-6-18(28-3)19(15)29-20(22)23/h4-13,20H,1-3H3,(H2,24,25,27)/b12-9+. The number of methoxy groups -OCH3 is 1. The highest BCUT2D eigenvalue weighted by molar-refractivity contribution is 6.07. The quantitative estimate of drug-likeness (QED) is 0.493. The van der Waals surface area contributed by atoms with Crippen molar-refractivity contribution in [3.05, 3.63) is 59.7 Å². The number of nitrogens with one attached hydrogen (secondary N) is 2. The zero-order chi connectivity index (χ0) is 21.4. The Bertz CT molecular complexity index is 881. The predicted octanol–water partition coefficient (Wildman–Crippen LogP) is 4.72. The maximum absolute atomic E-state index is 12.7. The van der Waals surface area contributed by atoms with Gasteiger partial charge in [0, 0.05) is 22.9 Å². The van der Waals surface area contributed by atoms with Crippen LogP contribution in [0.3, 0.4) is 0 Å². The molecule has 2 N–H and O–H groups in total. The SMILES string of the molecule is COc1cccc(/C=C/C(=O)c2ccc(NC(=O)NC(C)C)cc2)c1OC(F)F. The molecule has 154 valence electrons. The van der Waals surface area contributed by atoms with Gasteiger partial charge in [0.05, 0.1) is 7.11 Å². The zero-order valence-corrected chi connectivity index (χ0v) is 16.2. The van der Waals surface area contributed by atoms with E-state index in [-0.39, 0.29) is 34.9 Å². The average Bonchev–Trinajstić information content (AvgIpc) is 2.66. The Morgan fingerprint density at radius 1 is 1.07 bits per heavy atom. The number of ether oxygens (including phenoxy) is 2. The van der Waals surface area contributed by atoms with E-state index in [4.69, 9.17) is 4.74 Å². The van der Waals surface area contributed by atoms with Gasteiger partial charge >= 0.3 is 12.6 Å². The van der Waals surface area contributed by atoms with Gasteiger partial charge in [-0.25, -0.2) is 4.79 Å². The van der Waals surface area contributed by atoms with Crippen molar-refractivity contribution in [2.75, 3.05) is 12.4 Å². The molecular formula is C21H22F2N2O4. The smallest absolute Gasteiger partial charge is 0.387 e. The third-order valence-electron chi connectivity index (χ3n) is 3.70. The van der Waals surface area contributed by atoms with Crippen molar-refractivity contribution in [1.29, 1.82) is 0 Å². The molecule has 29 heavy (non-hydrogen) atoms. The van der Waals surface area contributed by atoms with E-state index in [1.54, 1.807) is 30.3 Å². The summed E-state index contributed by atoms with van der Waals surface area (Å²) in [5.74, 6) is -0.353. The van der Waals surface area contributed by atoms with Crippen LogP contribution in [0.1, 0.15) is 29.8 Å². The highest BCUT2D eigenvalue weighted by atomic mass is 19.3. The molecule has 2 rings (SSSR count). The summed E-state index contributed by atoms with van der Waals surface area (Å²) >= 11 is 0. The molecule has 0 spiro atoms. The summed E-state index contributed by atoms with van der Waals surface area (Å²) in [5.41, 5.74) is 1.18. The summed E-state index contributed by atoms with van der Waals surface area (Å²) < 4.78 is 34.9. The summed E-state index contributed by atoms with van der Waals surface area (Å²) in [6.07, 6.45) is 2.63. The lowest BCUT2D eigenvalue weighted by Crippen LogP contribution is -2.34. The van der Waals surface area contributed by atoms with Gasteiger partial charge < -0.3 is 20.1 Å². The van der Waals surface area contributed by atoms with Crippen molar-refractivity contribution >= 4 is 23.6 Å². The number of urea groups is 1. The second kappa shape index (κ2) is 10.2. The molecular weight excluding hydrogens is 382 g/mol. The van der Waals surface area contributed by atoms with Gasteiger partial charge in [0.2, 0.25) is 0 Å². The first kappa shape index (κ1) is 21.9. The minimum Gasteiger partial charge on any atom is -0.493 e. The molecule has 0 saturated carbocycles. The molecule has 0 aliphatic heterocycles. The van der Waals surface area contributed by atoms with Crippen molar-refractivity contribution in [3.8, 4) is 11.5 Å². The maximum Gasteiger partial charge on any atom is 0.387 e. The van der Waals surface area contributed by atoms with E-state index in [1.807, 2.05) is 13.8 Å². The number of benzene rings is 2. The second-order valence-electron chi connectivity index (χ2n) is 6.29. The largest absolute Gasteiger partial charge is 0.493 e. The number of anilines is 1. The number of rotatable bonds is 8. The van der Waals surface area contributed by atoms with Gasteiger partial charge in [-0.15, -0.1) is 0 Å². The third kappa shape index (κ3) is 6.60. The Kier molecular flexibility index (Phi) is 7.70. The van der Waals surface area contributed by atoms with Crippen LogP contribution in [0.15, 0.2) is 48.5 Å². The van der Waals surface area contributed by atoms with Crippen molar-refractivity contribution < 1.29 is 27.8 Å². The topological polar surface area (TPSA) is 76.7 Å². The van der Waals surface area contributed by atoms with Crippen molar-refractivity contribution in [2.45, 2.75) is 26.5 Å². The van der Waals surface area contributed by atoms with E-state index in [9.17, 15) is 18.4 Å². The lowest BCUT2D eigenvalue weighted by molar-refractivity contribution is -0.0513. The van der Waals surface area contributed by atoms with E-state index in [0.717, 1.165) is 0 Å². The fourth-order valence-corrected chi connectivity index (χ4v) is 2.45. The number of hydrogen-bond donors (Lipinski definition) is 2. The van der Waals surface area contributed by atoms with Crippen molar-refractivity contribution in [1.82, 2.24) is 5.32 Å². The highest BCUT2D eigenvalue weighted by Crippen LogP contribution is 2.33. The zero-order valence-electron chi connectivity index (χ0n) is 16.2. The van der Waals surface area contributed by atoms with Gasteiger partial charge in [-0.1, -0.05) is 12.1 Å². The van der Waals surface area contributed by atoms with Crippen molar-refractivity contribution in [2.24, 2.45) is 0 Å². The van der Waals surface area contributed by atoms with Crippen LogP contribution in [0.4, 0.5) is 19.3 Å². The number of ketones is 1. The van der Waals surface area contributed by atoms with Crippen LogP contribution in [0.2, 0.25) is 0 Å². The molecule has 0 aliphatic carbocycles. The van der Waals surface area contributed by atoms with Gasteiger partial charge in [-0.2, -0.15) is 8.78 Å². The number of carbonyl (C=O) groups is 2. The van der Waals surface area contributed by atoms with E-state index < -0.39 is 6.61 Å². The van der Waals surface area contributed by atoms with Gasteiger partial charge in [0.1, 0.15) is 0 Å². The number of amides is 2. The number of halogens is 2. The van der Waals surface area contributed by atoms with Gasteiger partial charge in [-0.3, -0.25) is 4.79 Å². The number of allylic oxidation sites excluding steroid dienone is 1. The van der Waals surface area contributed by atoms with Crippen LogP contribution >= 0.6 is 0 Å². The number of hydrogen-bond acceptors (Lipinski definition) is 4. The summed E-state index contributed by atoms with van der Waals surface area (Å²) in [6.45, 7) is 0.656. The number of para-hydroxylation sites is 1. The highest BCUT2D eigenvalue weighted by Gasteiger charge is 2.14. The molecule has 0 fully saturated rings. The number of alkyl halides is 2. The van der Waals surface area contributed by atoms with E-state index in [2.05, 4.69) is 15.4 Å². The monoisotopic (exact) mass is 404 g/mol. The lowest BCUT2D eigenvalue weighted by Gasteiger charge is -2.12. The first-order chi connectivity index (χ1) is 13.8. The normalized spacial score (nSPS) is 11.0. The molecule has 0 unspecified atom stereocenters. The average molecular weight is 404 g/mol. The van der Waals surface area contributed by atoms with Crippen LogP contribution < -0.4 is 20.1 Å². The van der Waals surface area contributed by atoms with Crippen molar-refractivity contribution in [3.63, 3.8) is 0 Å². The second-order valence-corrected chi connectivity index (χ2v) is 6.29. The molecule has 0 saturated heterocycles. The Labute approximate surface area is 167 Å². The molecule has 6 nitrogen and oxygen atoms in total. The fourth-order valence-electron chi connectivity index (χ4n) is 2.45. The third-order valence-corrected chi connectivity index (χ3v) is 3.70. The minimum atomic E-state index is -3.03. The molecule has 2 aromatic rings. The summed E-state index contributed by atoms with van der Waals surface area (Å²) in [5, 5.41) is 5.35. The summed E-state index contributed by atoms with van der Waals surface area (Å²) in [4.78, 5) is 24.1. The fraction of sp³-hybridized carbons (Fsp3) is 0.238. The Balaban J connectivity index is 2.12. The molecule has 0 aliphatic rings. The van der Waals surface area contributed by atoms with E-state index in [1.165, 1.54) is 31.4 Å². The van der Waals surface area contributed by atoms with Crippen LogP contribution in [0.5, 0.6) is 11.5 Å². The van der Waals surface area contributed by atoms with Gasteiger partial charge in [0.25, 0.3) is 0 Å².